The molecule has 5 nitrogen and oxygen atoms in total. The van der Waals surface area contributed by atoms with Gasteiger partial charge in [0.25, 0.3) is 0 Å². The van der Waals surface area contributed by atoms with Gasteiger partial charge < -0.3 is 24.4 Å². The summed E-state index contributed by atoms with van der Waals surface area (Å²) < 4.78 is 38.5. The van der Waals surface area contributed by atoms with Crippen molar-refractivity contribution in [2.45, 2.75) is 18.9 Å². The van der Waals surface area contributed by atoms with E-state index in [1.54, 1.807) is 0 Å². The van der Waals surface area contributed by atoms with Gasteiger partial charge in [-0.15, -0.1) is 8.78 Å². The van der Waals surface area contributed by atoms with Crippen LogP contribution in [0.15, 0.2) is 12.1 Å². The molecule has 0 aromatic heterocycles. The van der Waals surface area contributed by atoms with E-state index in [9.17, 15) is 19.0 Å². The van der Waals surface area contributed by atoms with Crippen LogP contribution in [0.4, 0.5) is 8.78 Å². The van der Waals surface area contributed by atoms with Crippen LogP contribution in [0.5, 0.6) is 11.5 Å². The molecule has 0 saturated carbocycles. The Morgan fingerprint density at radius 3 is 1.88 bits per heavy atom. The van der Waals surface area contributed by atoms with Crippen LogP contribution in [0.2, 0.25) is 0 Å². The van der Waals surface area contributed by atoms with Crippen molar-refractivity contribution < 1.29 is 33.2 Å². The average molecular weight is 232 g/mol. The zero-order chi connectivity index (χ0) is 11.5. The summed E-state index contributed by atoms with van der Waals surface area (Å²) in [5, 5.41) is 18.7. The molecule has 0 amide bonds. The molecule has 2 N–H and O–H groups in total. The number of benzene rings is 1. The van der Waals surface area contributed by atoms with E-state index in [1.807, 2.05) is 0 Å². The summed E-state index contributed by atoms with van der Waals surface area (Å²) in [7, 11) is 0. The standard InChI is InChI=1S/C9H6F2O5/c10-9(11)15-5-1-3-4(2-6(5)16-9)8(13)14-7(3)12/h1-2,7-8,12-13H. The molecule has 2 atom stereocenters. The van der Waals surface area contributed by atoms with Crippen LogP contribution in [-0.2, 0) is 4.74 Å². The molecule has 2 aliphatic rings. The van der Waals surface area contributed by atoms with Crippen molar-refractivity contribution in [3.05, 3.63) is 23.3 Å². The monoisotopic (exact) mass is 232 g/mol. The molecule has 1 aromatic carbocycles. The van der Waals surface area contributed by atoms with Crippen LogP contribution in [0.25, 0.3) is 0 Å². The van der Waals surface area contributed by atoms with E-state index in [0.717, 1.165) is 12.1 Å². The molecule has 2 heterocycles. The van der Waals surface area contributed by atoms with E-state index in [-0.39, 0.29) is 22.6 Å². The third kappa shape index (κ3) is 1.26. The third-order valence-electron chi connectivity index (χ3n) is 2.40. The second-order valence-corrected chi connectivity index (χ2v) is 3.44. The highest BCUT2D eigenvalue weighted by Gasteiger charge is 2.45. The molecule has 86 valence electrons. The van der Waals surface area contributed by atoms with Crippen LogP contribution in [0.1, 0.15) is 23.7 Å². The second-order valence-electron chi connectivity index (χ2n) is 3.44. The second kappa shape index (κ2) is 2.82. The topological polar surface area (TPSA) is 68.2 Å². The van der Waals surface area contributed by atoms with E-state index in [1.165, 1.54) is 0 Å². The van der Waals surface area contributed by atoms with E-state index >= 15 is 0 Å². The molecule has 2 unspecified atom stereocenters. The van der Waals surface area contributed by atoms with Gasteiger partial charge in [0.15, 0.2) is 24.1 Å². The van der Waals surface area contributed by atoms with Gasteiger partial charge in [-0.05, 0) is 12.1 Å². The zero-order valence-corrected chi connectivity index (χ0v) is 7.68. The quantitative estimate of drug-likeness (QED) is 0.699. The summed E-state index contributed by atoms with van der Waals surface area (Å²) in [6.45, 7) is 0. The number of rotatable bonds is 0. The smallest absolute Gasteiger partial charge is 0.395 e. The average Bonchev–Trinajstić information content (AvgIpc) is 2.60. The minimum Gasteiger partial charge on any atom is -0.395 e. The van der Waals surface area contributed by atoms with Gasteiger partial charge in [0.2, 0.25) is 0 Å². The summed E-state index contributed by atoms with van der Waals surface area (Å²) in [5.41, 5.74) is 0.375. The summed E-state index contributed by atoms with van der Waals surface area (Å²) in [6.07, 6.45) is -6.42. The minimum atomic E-state index is -3.71. The van der Waals surface area contributed by atoms with Crippen LogP contribution in [-0.4, -0.2) is 16.5 Å². The molecule has 3 rings (SSSR count). The molecule has 2 aliphatic heterocycles. The normalized spacial score (nSPS) is 29.2. The predicted octanol–water partition coefficient (Wildman–Crippen LogP) is 1.02. The summed E-state index contributed by atoms with van der Waals surface area (Å²) in [4.78, 5) is 0. The van der Waals surface area contributed by atoms with E-state index < -0.39 is 18.9 Å². The lowest BCUT2D eigenvalue weighted by atomic mass is 10.1. The first-order chi connectivity index (χ1) is 7.46. The van der Waals surface area contributed by atoms with Crippen LogP contribution < -0.4 is 9.47 Å². The van der Waals surface area contributed by atoms with E-state index in [4.69, 9.17) is 0 Å². The minimum absolute atomic E-state index is 0.188. The first kappa shape index (κ1) is 9.76. The van der Waals surface area contributed by atoms with Crippen molar-refractivity contribution >= 4 is 0 Å². The van der Waals surface area contributed by atoms with E-state index in [0.29, 0.717) is 0 Å². The van der Waals surface area contributed by atoms with Gasteiger partial charge in [-0.3, -0.25) is 0 Å². The van der Waals surface area contributed by atoms with Gasteiger partial charge in [0.05, 0.1) is 0 Å². The Kier molecular flexibility index (Phi) is 1.72. The number of hydrogen-bond acceptors (Lipinski definition) is 5. The number of aliphatic hydroxyl groups excluding tert-OH is 2. The Morgan fingerprint density at radius 1 is 1.00 bits per heavy atom. The van der Waals surface area contributed by atoms with Crippen molar-refractivity contribution in [3.63, 3.8) is 0 Å². The first-order valence-corrected chi connectivity index (χ1v) is 4.41. The van der Waals surface area contributed by atoms with Gasteiger partial charge in [0, 0.05) is 11.1 Å². The van der Waals surface area contributed by atoms with Crippen molar-refractivity contribution in [1.82, 2.24) is 0 Å². The van der Waals surface area contributed by atoms with Crippen LogP contribution in [0, 0.1) is 0 Å². The SMILES string of the molecule is OC1OC(O)c2cc3c(cc21)OC(F)(F)O3. The van der Waals surface area contributed by atoms with Crippen molar-refractivity contribution in [3.8, 4) is 11.5 Å². The van der Waals surface area contributed by atoms with Gasteiger partial charge in [0.1, 0.15) is 0 Å². The van der Waals surface area contributed by atoms with Crippen LogP contribution >= 0.6 is 0 Å². The van der Waals surface area contributed by atoms with Gasteiger partial charge in [-0.2, -0.15) is 0 Å². The lowest BCUT2D eigenvalue weighted by Crippen LogP contribution is -2.25. The fourth-order valence-corrected chi connectivity index (χ4v) is 1.72. The maximum absolute atomic E-state index is 12.7. The van der Waals surface area contributed by atoms with Crippen molar-refractivity contribution in [1.29, 1.82) is 0 Å². The van der Waals surface area contributed by atoms with Gasteiger partial charge in [-0.25, -0.2) is 0 Å². The Labute approximate surface area is 87.8 Å². The molecule has 0 radical (unpaired) electrons. The molecule has 0 bridgehead atoms. The zero-order valence-electron chi connectivity index (χ0n) is 7.68. The maximum Gasteiger partial charge on any atom is 0.586 e. The van der Waals surface area contributed by atoms with Crippen LogP contribution in [0.3, 0.4) is 0 Å². The molecule has 1 aromatic rings. The predicted molar refractivity (Wildman–Crippen MR) is 43.6 cm³/mol. The lowest BCUT2D eigenvalue weighted by Gasteiger charge is -2.05. The first-order valence-electron chi connectivity index (χ1n) is 4.41. The molecule has 0 aliphatic carbocycles. The molecular weight excluding hydrogens is 226 g/mol. The number of halogens is 2. The summed E-state index contributed by atoms with van der Waals surface area (Å²) in [6, 6.07) is 2.32. The number of fused-ring (bicyclic) bond motifs is 2. The molecule has 7 heteroatoms. The third-order valence-corrected chi connectivity index (χ3v) is 2.40. The number of alkyl halides is 2. The molecular formula is C9H6F2O5. The van der Waals surface area contributed by atoms with Crippen molar-refractivity contribution in [2.75, 3.05) is 0 Å². The highest BCUT2D eigenvalue weighted by atomic mass is 19.3. The Bertz CT molecular complexity index is 422. The van der Waals surface area contributed by atoms with Gasteiger partial charge in [-0.1, -0.05) is 0 Å². The highest BCUT2D eigenvalue weighted by Crippen LogP contribution is 2.47. The van der Waals surface area contributed by atoms with Crippen molar-refractivity contribution in [2.24, 2.45) is 0 Å². The fraction of sp³-hybridized carbons (Fsp3) is 0.333. The van der Waals surface area contributed by atoms with Gasteiger partial charge >= 0.3 is 6.29 Å². The Balaban J connectivity index is 2.10. The van der Waals surface area contributed by atoms with E-state index in [2.05, 4.69) is 14.2 Å². The number of aliphatic hydroxyl groups is 2. The number of ether oxygens (including phenoxy) is 3. The Hall–Kier alpha value is -1.44. The number of hydrogen-bond donors (Lipinski definition) is 2. The summed E-state index contributed by atoms with van der Waals surface area (Å²) in [5.74, 6) is -0.388. The fourth-order valence-electron chi connectivity index (χ4n) is 1.72. The molecule has 16 heavy (non-hydrogen) atoms. The highest BCUT2D eigenvalue weighted by molar-refractivity contribution is 5.51. The largest absolute Gasteiger partial charge is 0.586 e. The maximum atomic E-state index is 12.7. The molecule has 0 fully saturated rings. The Morgan fingerprint density at radius 2 is 1.44 bits per heavy atom. The lowest BCUT2D eigenvalue weighted by molar-refractivity contribution is -0.286. The molecule has 0 spiro atoms. The summed E-state index contributed by atoms with van der Waals surface area (Å²) >= 11 is 0. The molecule has 0 saturated heterocycles.